The highest BCUT2D eigenvalue weighted by molar-refractivity contribution is 6.35. The third-order valence-electron chi connectivity index (χ3n) is 5.23. The van der Waals surface area contributed by atoms with Crippen LogP contribution in [0.2, 0.25) is 10.0 Å². The van der Waals surface area contributed by atoms with E-state index in [1.54, 1.807) is 42.5 Å². The highest BCUT2D eigenvalue weighted by Crippen LogP contribution is 2.33. The Hall–Kier alpha value is -3.29. The Kier molecular flexibility index (Phi) is 6.21. The first-order valence-corrected chi connectivity index (χ1v) is 10.6. The van der Waals surface area contributed by atoms with Gasteiger partial charge in [-0.25, -0.2) is 4.79 Å². The summed E-state index contributed by atoms with van der Waals surface area (Å²) in [5, 5.41) is 12.9. The molecule has 164 valence electrons. The lowest BCUT2D eigenvalue weighted by Crippen LogP contribution is -2.41. The average Bonchev–Trinajstić information content (AvgIpc) is 3.37. The van der Waals surface area contributed by atoms with E-state index in [9.17, 15) is 19.5 Å². The fraction of sp³-hybridized carbons (Fsp3) is 0.174. The van der Waals surface area contributed by atoms with Crippen molar-refractivity contribution in [2.75, 3.05) is 5.32 Å². The Morgan fingerprint density at radius 2 is 1.91 bits per heavy atom. The van der Waals surface area contributed by atoms with E-state index < -0.39 is 17.9 Å². The van der Waals surface area contributed by atoms with Crippen LogP contribution in [0.25, 0.3) is 11.3 Å². The maximum Gasteiger partial charge on any atom is 0.337 e. The third-order valence-corrected chi connectivity index (χ3v) is 5.79. The van der Waals surface area contributed by atoms with Gasteiger partial charge in [-0.05, 0) is 48.9 Å². The van der Waals surface area contributed by atoms with Crippen LogP contribution in [0, 0.1) is 0 Å². The molecule has 0 bridgehead atoms. The van der Waals surface area contributed by atoms with Gasteiger partial charge in [0.2, 0.25) is 11.8 Å². The summed E-state index contributed by atoms with van der Waals surface area (Å²) in [6.45, 7) is 0.0929. The summed E-state index contributed by atoms with van der Waals surface area (Å²) >= 11 is 12.3. The van der Waals surface area contributed by atoms with Gasteiger partial charge in [0.1, 0.15) is 17.6 Å². The van der Waals surface area contributed by atoms with Crippen molar-refractivity contribution in [2.45, 2.75) is 25.4 Å². The topological polar surface area (TPSA) is 99.8 Å². The monoisotopic (exact) mass is 472 g/mol. The number of hydrogen-bond acceptors (Lipinski definition) is 4. The number of aromatic carboxylic acids is 1. The highest BCUT2D eigenvalue weighted by Gasteiger charge is 2.37. The molecular formula is C23H18Cl2N2O5. The number of nitrogens with zero attached hydrogens (tertiary/aromatic N) is 1. The van der Waals surface area contributed by atoms with Crippen molar-refractivity contribution >= 4 is 46.7 Å². The van der Waals surface area contributed by atoms with E-state index >= 15 is 0 Å². The van der Waals surface area contributed by atoms with E-state index in [-0.39, 0.29) is 30.1 Å². The molecule has 32 heavy (non-hydrogen) atoms. The molecule has 1 atom stereocenters. The van der Waals surface area contributed by atoms with Gasteiger partial charge in [0, 0.05) is 17.0 Å². The first-order valence-electron chi connectivity index (χ1n) is 9.80. The average molecular weight is 473 g/mol. The molecular weight excluding hydrogens is 455 g/mol. The Balaban J connectivity index is 1.52. The SMILES string of the molecule is O=C(O)c1ccccc1NC(=O)[C@@H]1CCC(=O)N1Cc1ccc(-c2cc(Cl)ccc2Cl)o1. The zero-order valence-corrected chi connectivity index (χ0v) is 18.2. The van der Waals surface area contributed by atoms with E-state index in [0.717, 1.165) is 0 Å². The maximum atomic E-state index is 12.9. The normalized spacial score (nSPS) is 15.8. The van der Waals surface area contributed by atoms with Crippen LogP contribution in [-0.4, -0.2) is 33.8 Å². The number of benzene rings is 2. The molecule has 1 aliphatic rings. The molecule has 4 rings (SSSR count). The van der Waals surface area contributed by atoms with Gasteiger partial charge >= 0.3 is 5.97 Å². The summed E-state index contributed by atoms with van der Waals surface area (Å²) < 4.78 is 5.87. The standard InChI is InChI=1S/C23H18Cl2N2O5/c24-13-5-7-17(25)16(11-13)20-9-6-14(32-20)12-27-19(8-10-21(27)28)22(29)26-18-4-2-1-3-15(18)23(30)31/h1-7,9,11,19H,8,10,12H2,(H,26,29)(H,30,31)/t19-/m0/s1. The van der Waals surface area contributed by atoms with E-state index in [1.807, 2.05) is 0 Å². The largest absolute Gasteiger partial charge is 0.478 e. The van der Waals surface area contributed by atoms with Crippen molar-refractivity contribution in [1.82, 2.24) is 4.90 Å². The Morgan fingerprint density at radius 3 is 2.69 bits per heavy atom. The molecule has 1 fully saturated rings. The van der Waals surface area contributed by atoms with Gasteiger partial charge in [-0.1, -0.05) is 35.3 Å². The van der Waals surface area contributed by atoms with Gasteiger partial charge in [0.25, 0.3) is 0 Å². The van der Waals surface area contributed by atoms with E-state index in [2.05, 4.69) is 5.32 Å². The van der Waals surface area contributed by atoms with Crippen molar-refractivity contribution in [1.29, 1.82) is 0 Å². The van der Waals surface area contributed by atoms with Crippen molar-refractivity contribution in [3.8, 4) is 11.3 Å². The van der Waals surface area contributed by atoms with Gasteiger partial charge in [-0.15, -0.1) is 0 Å². The zero-order chi connectivity index (χ0) is 22.8. The minimum absolute atomic E-state index is 0.0224. The minimum Gasteiger partial charge on any atom is -0.478 e. The Labute approximate surface area is 193 Å². The van der Waals surface area contributed by atoms with Crippen LogP contribution in [0.5, 0.6) is 0 Å². The second-order valence-electron chi connectivity index (χ2n) is 7.31. The lowest BCUT2D eigenvalue weighted by atomic mass is 10.1. The number of furan rings is 1. The van der Waals surface area contributed by atoms with Gasteiger partial charge in [0.05, 0.1) is 22.8 Å². The quantitative estimate of drug-likeness (QED) is 0.520. The van der Waals surface area contributed by atoms with Crippen LogP contribution in [0.1, 0.15) is 29.0 Å². The molecule has 7 nitrogen and oxygen atoms in total. The van der Waals surface area contributed by atoms with E-state index in [1.165, 1.54) is 17.0 Å². The number of amides is 2. The first kappa shape index (κ1) is 21.9. The smallest absolute Gasteiger partial charge is 0.337 e. The number of para-hydroxylation sites is 1. The number of carboxylic acids is 1. The van der Waals surface area contributed by atoms with Gasteiger partial charge in [0.15, 0.2) is 0 Å². The molecule has 0 radical (unpaired) electrons. The van der Waals surface area contributed by atoms with Crippen LogP contribution in [0.4, 0.5) is 5.69 Å². The summed E-state index contributed by atoms with van der Waals surface area (Å²) in [7, 11) is 0. The van der Waals surface area contributed by atoms with Crippen LogP contribution in [0.15, 0.2) is 59.0 Å². The molecule has 2 N–H and O–H groups in total. The zero-order valence-electron chi connectivity index (χ0n) is 16.7. The second kappa shape index (κ2) is 9.06. The predicted octanol–water partition coefficient (Wildman–Crippen LogP) is 5.08. The lowest BCUT2D eigenvalue weighted by Gasteiger charge is -2.23. The van der Waals surface area contributed by atoms with Gasteiger partial charge < -0.3 is 19.7 Å². The number of rotatable bonds is 6. The summed E-state index contributed by atoms with van der Waals surface area (Å²) in [5.74, 6) is -0.807. The van der Waals surface area contributed by atoms with Crippen molar-refractivity contribution in [3.63, 3.8) is 0 Å². The number of carbonyl (C=O) groups is 3. The summed E-state index contributed by atoms with van der Waals surface area (Å²) in [6, 6.07) is 13.8. The molecule has 1 aliphatic heterocycles. The number of likely N-dealkylation sites (tertiary alicyclic amines) is 1. The molecule has 0 saturated carbocycles. The maximum absolute atomic E-state index is 12.9. The second-order valence-corrected chi connectivity index (χ2v) is 8.15. The number of carboxylic acid groups (broad SMARTS) is 1. The molecule has 2 amide bonds. The molecule has 2 aromatic carbocycles. The molecule has 9 heteroatoms. The number of anilines is 1. The van der Waals surface area contributed by atoms with Crippen LogP contribution in [-0.2, 0) is 16.1 Å². The predicted molar refractivity (Wildman–Crippen MR) is 120 cm³/mol. The molecule has 2 heterocycles. The van der Waals surface area contributed by atoms with Gasteiger partial charge in [-0.2, -0.15) is 0 Å². The summed E-state index contributed by atoms with van der Waals surface area (Å²) in [4.78, 5) is 38.2. The fourth-order valence-electron chi connectivity index (χ4n) is 3.66. The Bertz CT molecular complexity index is 1210. The third kappa shape index (κ3) is 4.49. The van der Waals surface area contributed by atoms with Gasteiger partial charge in [-0.3, -0.25) is 9.59 Å². The Morgan fingerprint density at radius 1 is 1.12 bits per heavy atom. The summed E-state index contributed by atoms with van der Waals surface area (Å²) in [6.07, 6.45) is 0.542. The number of hydrogen-bond donors (Lipinski definition) is 2. The molecule has 0 aliphatic carbocycles. The first-order chi connectivity index (χ1) is 15.3. The van der Waals surface area contributed by atoms with Crippen LogP contribution < -0.4 is 5.32 Å². The lowest BCUT2D eigenvalue weighted by molar-refractivity contribution is -0.134. The number of carbonyl (C=O) groups excluding carboxylic acids is 2. The van der Waals surface area contributed by atoms with E-state index in [0.29, 0.717) is 33.6 Å². The van der Waals surface area contributed by atoms with Crippen LogP contribution in [0.3, 0.4) is 0 Å². The molecule has 1 aromatic heterocycles. The van der Waals surface area contributed by atoms with E-state index in [4.69, 9.17) is 27.6 Å². The fourth-order valence-corrected chi connectivity index (χ4v) is 4.04. The molecule has 0 unspecified atom stereocenters. The number of nitrogens with one attached hydrogen (secondary N) is 1. The van der Waals surface area contributed by atoms with Crippen molar-refractivity contribution in [3.05, 3.63) is 76.0 Å². The minimum atomic E-state index is -1.15. The van der Waals surface area contributed by atoms with Crippen molar-refractivity contribution < 1.29 is 23.9 Å². The van der Waals surface area contributed by atoms with Crippen LogP contribution >= 0.6 is 23.2 Å². The molecule has 1 saturated heterocycles. The molecule has 3 aromatic rings. The highest BCUT2D eigenvalue weighted by atomic mass is 35.5. The summed E-state index contributed by atoms with van der Waals surface area (Å²) in [5.41, 5.74) is 0.781. The van der Waals surface area contributed by atoms with Crippen molar-refractivity contribution in [2.24, 2.45) is 0 Å². The molecule has 0 spiro atoms. The number of halogens is 2.